The van der Waals surface area contributed by atoms with Crippen molar-refractivity contribution < 1.29 is 4.39 Å². The number of halogens is 2. The highest BCUT2D eigenvalue weighted by Gasteiger charge is 2.07. The van der Waals surface area contributed by atoms with E-state index in [-0.39, 0.29) is 10.9 Å². The average Bonchev–Trinajstić information content (AvgIpc) is 1.80. The molecule has 1 rings (SSSR count). The number of rotatable bonds is 0. The fourth-order valence-corrected chi connectivity index (χ4v) is 1.07. The van der Waals surface area contributed by atoms with Crippen LogP contribution in [0.15, 0.2) is 22.5 Å². The molecule has 50 valence electrons. The molecule has 0 N–H and O–H groups in total. The lowest BCUT2D eigenvalue weighted by atomic mass is 10.1. The molecule has 0 aromatic rings. The first-order chi connectivity index (χ1) is 4.20. The summed E-state index contributed by atoms with van der Waals surface area (Å²) in [4.78, 5) is 0. The molecule has 0 spiro atoms. The Morgan fingerprint density at radius 1 is 1.56 bits per heavy atom. The minimum atomic E-state index is -0.178. The standard InChI is InChI=1S/C7H8ClF/c1-5-2-3-7(9)6(8)4-5/h4H,2-3H2,1H3. The molecule has 0 atom stereocenters. The van der Waals surface area contributed by atoms with Crippen LogP contribution in [0, 0.1) is 0 Å². The van der Waals surface area contributed by atoms with E-state index >= 15 is 0 Å². The Kier molecular flexibility index (Phi) is 1.91. The van der Waals surface area contributed by atoms with Crippen molar-refractivity contribution in [2.24, 2.45) is 0 Å². The number of allylic oxidation sites excluding steroid dienone is 4. The summed E-state index contributed by atoms with van der Waals surface area (Å²) in [5, 5.41) is 0.277. The minimum Gasteiger partial charge on any atom is -0.210 e. The summed E-state index contributed by atoms with van der Waals surface area (Å²) in [5.74, 6) is -0.178. The number of hydrogen-bond acceptors (Lipinski definition) is 0. The van der Waals surface area contributed by atoms with Crippen molar-refractivity contribution in [3.8, 4) is 0 Å². The molecular weight excluding hydrogens is 139 g/mol. The molecule has 0 unspecified atom stereocenters. The van der Waals surface area contributed by atoms with E-state index in [1.165, 1.54) is 0 Å². The SMILES string of the molecule is CC1=CC(Cl)=C(F)CC1. The molecule has 2 heteroatoms. The van der Waals surface area contributed by atoms with Crippen molar-refractivity contribution in [3.63, 3.8) is 0 Å². The van der Waals surface area contributed by atoms with Crippen molar-refractivity contribution in [2.45, 2.75) is 19.8 Å². The van der Waals surface area contributed by atoms with E-state index in [9.17, 15) is 4.39 Å². The third kappa shape index (κ3) is 1.55. The lowest BCUT2D eigenvalue weighted by Crippen LogP contribution is -1.88. The smallest absolute Gasteiger partial charge is 0.119 e. The normalized spacial score (nSPS) is 20.1. The van der Waals surface area contributed by atoms with Gasteiger partial charge in [0.05, 0.1) is 5.03 Å². The summed E-state index contributed by atoms with van der Waals surface area (Å²) >= 11 is 5.49. The molecule has 0 fully saturated rings. The largest absolute Gasteiger partial charge is 0.210 e. The molecule has 0 bridgehead atoms. The maximum Gasteiger partial charge on any atom is 0.119 e. The van der Waals surface area contributed by atoms with Crippen molar-refractivity contribution in [1.82, 2.24) is 0 Å². The molecule has 0 amide bonds. The molecule has 0 nitrogen and oxygen atoms in total. The van der Waals surface area contributed by atoms with Gasteiger partial charge in [0.15, 0.2) is 0 Å². The molecule has 9 heavy (non-hydrogen) atoms. The third-order valence-electron chi connectivity index (χ3n) is 1.37. The van der Waals surface area contributed by atoms with Crippen LogP contribution in [0.5, 0.6) is 0 Å². The zero-order chi connectivity index (χ0) is 6.85. The first-order valence-electron chi connectivity index (χ1n) is 2.91. The summed E-state index contributed by atoms with van der Waals surface area (Å²) < 4.78 is 12.5. The second-order valence-corrected chi connectivity index (χ2v) is 2.65. The van der Waals surface area contributed by atoms with Crippen LogP contribution in [0.4, 0.5) is 4.39 Å². The molecule has 0 saturated heterocycles. The molecule has 0 heterocycles. The van der Waals surface area contributed by atoms with Gasteiger partial charge in [0.2, 0.25) is 0 Å². The van der Waals surface area contributed by atoms with Crippen molar-refractivity contribution in [2.75, 3.05) is 0 Å². The molecule has 1 aliphatic rings. The Morgan fingerprint density at radius 3 is 2.67 bits per heavy atom. The Balaban J connectivity index is 2.83. The van der Waals surface area contributed by atoms with Crippen LogP contribution in [0.2, 0.25) is 0 Å². The molecule has 0 aromatic heterocycles. The van der Waals surface area contributed by atoms with E-state index in [4.69, 9.17) is 11.6 Å². The fraction of sp³-hybridized carbons (Fsp3) is 0.429. The van der Waals surface area contributed by atoms with Crippen LogP contribution in [0.25, 0.3) is 0 Å². The second-order valence-electron chi connectivity index (χ2n) is 2.24. The monoisotopic (exact) mass is 146 g/mol. The van der Waals surface area contributed by atoms with Gasteiger partial charge < -0.3 is 0 Å². The van der Waals surface area contributed by atoms with Crippen LogP contribution in [-0.4, -0.2) is 0 Å². The van der Waals surface area contributed by atoms with E-state index in [1.807, 2.05) is 6.92 Å². The molecule has 1 aliphatic carbocycles. The van der Waals surface area contributed by atoms with E-state index in [0.29, 0.717) is 6.42 Å². The van der Waals surface area contributed by atoms with Gasteiger partial charge in [-0.3, -0.25) is 0 Å². The average molecular weight is 147 g/mol. The molecular formula is C7H8ClF. The zero-order valence-corrected chi connectivity index (χ0v) is 6.00. The zero-order valence-electron chi connectivity index (χ0n) is 5.25. The van der Waals surface area contributed by atoms with Gasteiger partial charge in [0, 0.05) is 6.42 Å². The van der Waals surface area contributed by atoms with E-state index < -0.39 is 0 Å². The Bertz CT molecular complexity index is 179. The highest BCUT2D eigenvalue weighted by molar-refractivity contribution is 6.31. The molecule has 0 saturated carbocycles. The topological polar surface area (TPSA) is 0 Å². The predicted octanol–water partition coefficient (Wildman–Crippen LogP) is 3.15. The highest BCUT2D eigenvalue weighted by atomic mass is 35.5. The fourth-order valence-electron chi connectivity index (χ4n) is 0.793. The van der Waals surface area contributed by atoms with Crippen LogP contribution in [0.3, 0.4) is 0 Å². The summed E-state index contributed by atoms with van der Waals surface area (Å²) in [6.07, 6.45) is 2.96. The molecule has 0 aromatic carbocycles. The van der Waals surface area contributed by atoms with Crippen molar-refractivity contribution in [3.05, 3.63) is 22.5 Å². The Morgan fingerprint density at radius 2 is 2.22 bits per heavy atom. The van der Waals surface area contributed by atoms with Gasteiger partial charge in [-0.1, -0.05) is 17.2 Å². The van der Waals surface area contributed by atoms with Gasteiger partial charge in [0.25, 0.3) is 0 Å². The van der Waals surface area contributed by atoms with Crippen LogP contribution in [-0.2, 0) is 0 Å². The Labute approximate surface area is 59.0 Å². The van der Waals surface area contributed by atoms with E-state index in [0.717, 1.165) is 12.0 Å². The highest BCUT2D eigenvalue weighted by Crippen LogP contribution is 2.26. The molecule has 0 radical (unpaired) electrons. The summed E-state index contributed by atoms with van der Waals surface area (Å²) in [6.45, 7) is 1.95. The summed E-state index contributed by atoms with van der Waals surface area (Å²) in [7, 11) is 0. The first kappa shape index (κ1) is 6.81. The predicted molar refractivity (Wildman–Crippen MR) is 37.0 cm³/mol. The van der Waals surface area contributed by atoms with Crippen LogP contribution < -0.4 is 0 Å². The molecule has 0 aliphatic heterocycles. The first-order valence-corrected chi connectivity index (χ1v) is 3.29. The second kappa shape index (κ2) is 2.53. The maximum absolute atomic E-state index is 12.5. The quantitative estimate of drug-likeness (QED) is 0.493. The van der Waals surface area contributed by atoms with Crippen molar-refractivity contribution >= 4 is 11.6 Å². The van der Waals surface area contributed by atoms with Gasteiger partial charge in [-0.05, 0) is 19.4 Å². The lowest BCUT2D eigenvalue weighted by molar-refractivity contribution is 0.579. The number of hydrogen-bond donors (Lipinski definition) is 0. The summed E-state index contributed by atoms with van der Waals surface area (Å²) in [6, 6.07) is 0. The van der Waals surface area contributed by atoms with E-state index in [2.05, 4.69) is 0 Å². The van der Waals surface area contributed by atoms with E-state index in [1.54, 1.807) is 6.08 Å². The van der Waals surface area contributed by atoms with Gasteiger partial charge in [-0.2, -0.15) is 0 Å². The summed E-state index contributed by atoms with van der Waals surface area (Å²) in [5.41, 5.74) is 1.15. The Hall–Kier alpha value is -0.300. The van der Waals surface area contributed by atoms with Crippen LogP contribution >= 0.6 is 11.6 Å². The van der Waals surface area contributed by atoms with Gasteiger partial charge >= 0.3 is 0 Å². The van der Waals surface area contributed by atoms with Gasteiger partial charge in [0.1, 0.15) is 5.83 Å². The minimum absolute atomic E-state index is 0.178. The maximum atomic E-state index is 12.5. The lowest BCUT2D eigenvalue weighted by Gasteiger charge is -2.06. The third-order valence-corrected chi connectivity index (χ3v) is 1.69. The van der Waals surface area contributed by atoms with Crippen molar-refractivity contribution in [1.29, 1.82) is 0 Å². The van der Waals surface area contributed by atoms with Crippen LogP contribution in [0.1, 0.15) is 19.8 Å². The van der Waals surface area contributed by atoms with Gasteiger partial charge in [-0.15, -0.1) is 0 Å². The van der Waals surface area contributed by atoms with Gasteiger partial charge in [-0.25, -0.2) is 4.39 Å².